The molecule has 120 valence electrons. The minimum Gasteiger partial charge on any atom is -0.497 e. The minimum absolute atomic E-state index is 0.0237. The number of fused-ring (bicyclic) bond motifs is 2. The standard InChI is InChI=1S/C18H24O4/c1-4-15-12(2)16-9-17(21-15)18(22-16)11-20-10-13-5-7-14(19-3)8-6-13/h4-8,12,15-18H,1,9-11H2,2-3H3/t12-,15-,16+,17+,18+/m0/s1. The molecule has 1 aromatic rings. The lowest BCUT2D eigenvalue weighted by Crippen LogP contribution is -2.38. The summed E-state index contributed by atoms with van der Waals surface area (Å²) in [5, 5.41) is 0. The largest absolute Gasteiger partial charge is 0.497 e. The number of benzene rings is 1. The van der Waals surface area contributed by atoms with Crippen LogP contribution in [0.4, 0.5) is 0 Å². The van der Waals surface area contributed by atoms with Crippen molar-refractivity contribution in [2.45, 2.75) is 44.4 Å². The molecule has 2 saturated heterocycles. The van der Waals surface area contributed by atoms with Crippen LogP contribution in [0.15, 0.2) is 36.9 Å². The molecule has 4 nitrogen and oxygen atoms in total. The highest BCUT2D eigenvalue weighted by Gasteiger charge is 2.46. The zero-order valence-electron chi connectivity index (χ0n) is 13.2. The summed E-state index contributed by atoms with van der Waals surface area (Å²) in [6.07, 6.45) is 3.35. The second-order valence-electron chi connectivity index (χ2n) is 6.05. The highest BCUT2D eigenvalue weighted by molar-refractivity contribution is 5.26. The van der Waals surface area contributed by atoms with Gasteiger partial charge in [-0.3, -0.25) is 0 Å². The number of hydrogen-bond acceptors (Lipinski definition) is 4. The molecule has 0 aliphatic carbocycles. The van der Waals surface area contributed by atoms with E-state index in [1.165, 1.54) is 0 Å². The third kappa shape index (κ3) is 3.19. The zero-order valence-corrected chi connectivity index (χ0v) is 13.2. The van der Waals surface area contributed by atoms with Crippen LogP contribution >= 0.6 is 0 Å². The molecule has 2 bridgehead atoms. The summed E-state index contributed by atoms with van der Waals surface area (Å²) < 4.78 is 23.1. The van der Waals surface area contributed by atoms with Crippen LogP contribution in [-0.2, 0) is 20.8 Å². The predicted molar refractivity (Wildman–Crippen MR) is 84.0 cm³/mol. The Morgan fingerprint density at radius 2 is 2.00 bits per heavy atom. The molecule has 22 heavy (non-hydrogen) atoms. The van der Waals surface area contributed by atoms with Crippen LogP contribution in [0.2, 0.25) is 0 Å². The number of rotatable bonds is 6. The van der Waals surface area contributed by atoms with Gasteiger partial charge >= 0.3 is 0 Å². The second kappa shape index (κ2) is 6.82. The Morgan fingerprint density at radius 1 is 1.23 bits per heavy atom. The summed E-state index contributed by atoms with van der Waals surface area (Å²) in [5.41, 5.74) is 1.13. The number of ether oxygens (including phenoxy) is 4. The maximum Gasteiger partial charge on any atom is 0.118 e. The Kier molecular flexibility index (Phi) is 4.81. The van der Waals surface area contributed by atoms with Crippen molar-refractivity contribution >= 4 is 0 Å². The van der Waals surface area contributed by atoms with Crippen LogP contribution in [0.1, 0.15) is 18.9 Å². The molecule has 0 radical (unpaired) electrons. The average molecular weight is 304 g/mol. The van der Waals surface area contributed by atoms with Crippen molar-refractivity contribution in [1.82, 2.24) is 0 Å². The fourth-order valence-corrected chi connectivity index (χ4v) is 3.20. The molecule has 0 saturated carbocycles. The Bertz CT molecular complexity index is 498. The number of hydrogen-bond donors (Lipinski definition) is 0. The molecule has 2 heterocycles. The molecular weight excluding hydrogens is 280 g/mol. The third-order valence-electron chi connectivity index (χ3n) is 4.61. The fourth-order valence-electron chi connectivity index (χ4n) is 3.20. The van der Waals surface area contributed by atoms with E-state index in [1.54, 1.807) is 7.11 Å². The smallest absolute Gasteiger partial charge is 0.118 e. The molecule has 3 rings (SSSR count). The van der Waals surface area contributed by atoms with Gasteiger partial charge in [-0.05, 0) is 17.7 Å². The van der Waals surface area contributed by atoms with E-state index in [1.807, 2.05) is 30.3 Å². The van der Waals surface area contributed by atoms with Gasteiger partial charge in [-0.15, -0.1) is 6.58 Å². The van der Waals surface area contributed by atoms with E-state index in [4.69, 9.17) is 18.9 Å². The van der Waals surface area contributed by atoms with Crippen LogP contribution < -0.4 is 4.74 Å². The van der Waals surface area contributed by atoms with Crippen molar-refractivity contribution in [3.63, 3.8) is 0 Å². The highest BCUT2D eigenvalue weighted by atomic mass is 16.6. The molecule has 2 aliphatic rings. The Hall–Kier alpha value is -1.36. The summed E-state index contributed by atoms with van der Waals surface area (Å²) >= 11 is 0. The molecule has 0 amide bonds. The molecule has 2 fully saturated rings. The van der Waals surface area contributed by atoms with E-state index >= 15 is 0 Å². The normalized spacial score (nSPS) is 33.6. The second-order valence-corrected chi connectivity index (χ2v) is 6.05. The van der Waals surface area contributed by atoms with E-state index in [2.05, 4.69) is 13.5 Å². The molecule has 0 N–H and O–H groups in total. The maximum absolute atomic E-state index is 6.09. The molecule has 0 aromatic heterocycles. The van der Waals surface area contributed by atoms with Crippen molar-refractivity contribution in [3.05, 3.63) is 42.5 Å². The molecule has 0 spiro atoms. The van der Waals surface area contributed by atoms with Gasteiger partial charge in [-0.25, -0.2) is 0 Å². The Labute approximate surface area is 132 Å². The van der Waals surface area contributed by atoms with Gasteiger partial charge in [0.1, 0.15) is 11.9 Å². The average Bonchev–Trinajstić information content (AvgIpc) is 2.90. The van der Waals surface area contributed by atoms with Crippen LogP contribution in [0, 0.1) is 5.92 Å². The monoisotopic (exact) mass is 304 g/mol. The van der Waals surface area contributed by atoms with Gasteiger partial charge < -0.3 is 18.9 Å². The van der Waals surface area contributed by atoms with Crippen LogP contribution in [0.25, 0.3) is 0 Å². The molecule has 4 heteroatoms. The van der Waals surface area contributed by atoms with Gasteiger partial charge in [0, 0.05) is 12.3 Å². The first-order valence-electron chi connectivity index (χ1n) is 7.85. The van der Waals surface area contributed by atoms with Crippen molar-refractivity contribution in [2.75, 3.05) is 13.7 Å². The van der Waals surface area contributed by atoms with Gasteiger partial charge in [0.15, 0.2) is 0 Å². The zero-order chi connectivity index (χ0) is 15.5. The van der Waals surface area contributed by atoms with Crippen molar-refractivity contribution in [3.8, 4) is 5.75 Å². The summed E-state index contributed by atoms with van der Waals surface area (Å²) in [6, 6.07) is 7.91. The summed E-state index contributed by atoms with van der Waals surface area (Å²) in [6.45, 7) is 7.14. The Balaban J connectivity index is 1.49. The lowest BCUT2D eigenvalue weighted by molar-refractivity contribution is -0.0554. The van der Waals surface area contributed by atoms with Crippen LogP contribution in [0.3, 0.4) is 0 Å². The van der Waals surface area contributed by atoms with Crippen molar-refractivity contribution in [2.24, 2.45) is 5.92 Å². The maximum atomic E-state index is 6.09. The fraction of sp³-hybridized carbons (Fsp3) is 0.556. The summed E-state index contributed by atoms with van der Waals surface area (Å²) in [4.78, 5) is 0. The molecule has 2 aliphatic heterocycles. The quantitative estimate of drug-likeness (QED) is 0.757. The Morgan fingerprint density at radius 3 is 2.68 bits per heavy atom. The number of methoxy groups -OCH3 is 1. The molecule has 1 aromatic carbocycles. The van der Waals surface area contributed by atoms with Gasteiger partial charge in [0.25, 0.3) is 0 Å². The lowest BCUT2D eigenvalue weighted by Gasteiger charge is -2.31. The summed E-state index contributed by atoms with van der Waals surface area (Å²) in [7, 11) is 1.67. The van der Waals surface area contributed by atoms with Crippen LogP contribution in [-0.4, -0.2) is 38.1 Å². The SMILES string of the molecule is C=C[C@@H]1O[C@@H]2C[C@@H](O[C@@H]2COCc2ccc(OC)cc2)[C@H]1C. The van der Waals surface area contributed by atoms with Crippen molar-refractivity contribution in [1.29, 1.82) is 0 Å². The predicted octanol–water partition coefficient (Wildman–Crippen LogP) is 2.96. The minimum atomic E-state index is 0.0237. The van der Waals surface area contributed by atoms with E-state index in [0.29, 0.717) is 19.1 Å². The van der Waals surface area contributed by atoms with Gasteiger partial charge in [0.05, 0.1) is 38.6 Å². The topological polar surface area (TPSA) is 36.9 Å². The molecule has 0 unspecified atom stereocenters. The van der Waals surface area contributed by atoms with E-state index in [9.17, 15) is 0 Å². The van der Waals surface area contributed by atoms with Gasteiger partial charge in [-0.1, -0.05) is 25.1 Å². The molecular formula is C18H24O4. The highest BCUT2D eigenvalue weighted by Crippen LogP contribution is 2.37. The summed E-state index contributed by atoms with van der Waals surface area (Å²) in [5.74, 6) is 1.22. The van der Waals surface area contributed by atoms with Gasteiger partial charge in [-0.2, -0.15) is 0 Å². The lowest BCUT2D eigenvalue weighted by atomic mass is 9.91. The van der Waals surface area contributed by atoms with E-state index in [0.717, 1.165) is 17.7 Å². The first kappa shape index (κ1) is 15.5. The third-order valence-corrected chi connectivity index (χ3v) is 4.61. The van der Waals surface area contributed by atoms with Gasteiger partial charge in [0.2, 0.25) is 0 Å². The van der Waals surface area contributed by atoms with Crippen molar-refractivity contribution < 1.29 is 18.9 Å². The first-order valence-corrected chi connectivity index (χ1v) is 7.85. The van der Waals surface area contributed by atoms with E-state index < -0.39 is 0 Å². The first-order chi connectivity index (χ1) is 10.7. The molecule has 5 atom stereocenters. The van der Waals surface area contributed by atoms with E-state index in [-0.39, 0.29) is 24.4 Å². The van der Waals surface area contributed by atoms with Crippen LogP contribution in [0.5, 0.6) is 5.75 Å².